The van der Waals surface area contributed by atoms with Crippen molar-refractivity contribution in [1.29, 1.82) is 0 Å². The number of carbonyl (C=O) groups excluding carboxylic acids is 1. The van der Waals surface area contributed by atoms with Crippen molar-refractivity contribution in [1.82, 2.24) is 5.32 Å². The van der Waals surface area contributed by atoms with Crippen LogP contribution in [0.2, 0.25) is 0 Å². The summed E-state index contributed by atoms with van der Waals surface area (Å²) in [6.07, 6.45) is 1.03. The normalized spacial score (nSPS) is 16.4. The van der Waals surface area contributed by atoms with Gasteiger partial charge in [-0.2, -0.15) is 0 Å². The second-order valence-corrected chi connectivity index (χ2v) is 4.59. The molecule has 0 aromatic heterocycles. The van der Waals surface area contributed by atoms with Gasteiger partial charge in [0, 0.05) is 5.56 Å². The lowest BCUT2D eigenvalue weighted by molar-refractivity contribution is -0.140. The molecule has 4 nitrogen and oxygen atoms in total. The molecule has 2 rings (SSSR count). The zero-order valence-corrected chi connectivity index (χ0v) is 9.91. The first-order valence-corrected chi connectivity index (χ1v) is 5.58. The number of hydrogen-bond acceptors (Lipinski definition) is 2. The molecule has 1 saturated carbocycles. The molecule has 0 aliphatic heterocycles. The molecule has 2 N–H and O–H groups in total. The predicted octanol–water partition coefficient (Wildman–Crippen LogP) is 1.65. The Morgan fingerprint density at radius 1 is 1.29 bits per heavy atom. The van der Waals surface area contributed by atoms with Gasteiger partial charge < -0.3 is 10.4 Å². The van der Waals surface area contributed by atoms with Gasteiger partial charge in [-0.25, -0.2) is 4.79 Å². The van der Waals surface area contributed by atoms with Crippen LogP contribution in [0.25, 0.3) is 0 Å². The summed E-state index contributed by atoms with van der Waals surface area (Å²) in [4.78, 5) is 23.0. The maximum Gasteiger partial charge on any atom is 0.329 e. The lowest BCUT2D eigenvalue weighted by atomic mass is 10.0. The van der Waals surface area contributed by atoms with Crippen LogP contribution in [0, 0.1) is 13.8 Å². The van der Waals surface area contributed by atoms with E-state index in [1.54, 1.807) is 12.1 Å². The number of nitrogens with one attached hydrogen (secondary N) is 1. The number of carboxylic acids is 1. The molecule has 0 radical (unpaired) electrons. The maximum absolute atomic E-state index is 12.0. The number of aryl methyl sites for hydroxylation is 1. The second-order valence-electron chi connectivity index (χ2n) is 4.59. The molecule has 0 unspecified atom stereocenters. The molecule has 17 heavy (non-hydrogen) atoms. The van der Waals surface area contributed by atoms with E-state index in [9.17, 15) is 9.59 Å². The number of aliphatic carboxylic acids is 1. The van der Waals surface area contributed by atoms with E-state index >= 15 is 0 Å². The van der Waals surface area contributed by atoms with Crippen LogP contribution in [0.1, 0.15) is 34.3 Å². The Bertz CT molecular complexity index is 489. The lowest BCUT2D eigenvalue weighted by Crippen LogP contribution is -2.43. The minimum Gasteiger partial charge on any atom is -0.480 e. The van der Waals surface area contributed by atoms with Gasteiger partial charge in [-0.3, -0.25) is 4.79 Å². The van der Waals surface area contributed by atoms with Gasteiger partial charge in [0.1, 0.15) is 5.54 Å². The molecule has 0 spiro atoms. The minimum absolute atomic E-state index is 0.300. The number of carboxylic acid groups (broad SMARTS) is 1. The fraction of sp³-hybridized carbons (Fsp3) is 0.385. The molecule has 1 amide bonds. The zero-order chi connectivity index (χ0) is 12.6. The summed E-state index contributed by atoms with van der Waals surface area (Å²) >= 11 is 0. The Kier molecular flexibility index (Phi) is 2.65. The molecule has 1 aliphatic rings. The topological polar surface area (TPSA) is 66.4 Å². The smallest absolute Gasteiger partial charge is 0.329 e. The fourth-order valence-corrected chi connectivity index (χ4v) is 1.80. The van der Waals surface area contributed by atoms with Crippen LogP contribution in [-0.4, -0.2) is 22.5 Å². The van der Waals surface area contributed by atoms with Crippen molar-refractivity contribution < 1.29 is 14.7 Å². The highest BCUT2D eigenvalue weighted by Gasteiger charge is 2.51. The van der Waals surface area contributed by atoms with E-state index in [-0.39, 0.29) is 5.91 Å². The zero-order valence-electron chi connectivity index (χ0n) is 9.91. The van der Waals surface area contributed by atoms with Crippen LogP contribution < -0.4 is 5.32 Å². The molecular weight excluding hydrogens is 218 g/mol. The van der Waals surface area contributed by atoms with Gasteiger partial charge in [-0.1, -0.05) is 12.1 Å². The Hall–Kier alpha value is -1.84. The van der Waals surface area contributed by atoms with E-state index in [1.165, 1.54) is 0 Å². The van der Waals surface area contributed by atoms with Crippen molar-refractivity contribution in [2.24, 2.45) is 0 Å². The number of amides is 1. The Labute approximate surface area is 99.6 Å². The largest absolute Gasteiger partial charge is 0.480 e. The van der Waals surface area contributed by atoms with E-state index in [0.717, 1.165) is 11.1 Å². The van der Waals surface area contributed by atoms with Crippen molar-refractivity contribution in [3.8, 4) is 0 Å². The van der Waals surface area contributed by atoms with E-state index < -0.39 is 11.5 Å². The van der Waals surface area contributed by atoms with Gasteiger partial charge in [-0.15, -0.1) is 0 Å². The third-order valence-electron chi connectivity index (χ3n) is 3.36. The highest BCUT2D eigenvalue weighted by molar-refractivity contribution is 6.00. The first-order valence-electron chi connectivity index (χ1n) is 5.58. The number of hydrogen-bond donors (Lipinski definition) is 2. The fourth-order valence-electron chi connectivity index (χ4n) is 1.80. The Morgan fingerprint density at radius 3 is 2.47 bits per heavy atom. The summed E-state index contributed by atoms with van der Waals surface area (Å²) in [7, 11) is 0. The Balaban J connectivity index is 2.21. The average Bonchev–Trinajstić information content (AvgIpc) is 3.03. The molecule has 1 aromatic carbocycles. The SMILES string of the molecule is Cc1cccc(C(=O)NC2(C(=O)O)CC2)c1C. The van der Waals surface area contributed by atoms with E-state index in [4.69, 9.17) is 5.11 Å². The van der Waals surface area contributed by atoms with Gasteiger partial charge in [0.15, 0.2) is 0 Å². The van der Waals surface area contributed by atoms with Gasteiger partial charge in [0.05, 0.1) is 0 Å². The van der Waals surface area contributed by atoms with Crippen molar-refractivity contribution in [3.63, 3.8) is 0 Å². The summed E-state index contributed by atoms with van der Waals surface area (Å²) in [6, 6.07) is 5.45. The summed E-state index contributed by atoms with van der Waals surface area (Å²) < 4.78 is 0. The predicted molar refractivity (Wildman–Crippen MR) is 63.0 cm³/mol. The molecule has 0 saturated heterocycles. The number of benzene rings is 1. The van der Waals surface area contributed by atoms with E-state index in [1.807, 2.05) is 19.9 Å². The van der Waals surface area contributed by atoms with E-state index in [0.29, 0.717) is 18.4 Å². The van der Waals surface area contributed by atoms with Gasteiger partial charge >= 0.3 is 5.97 Å². The minimum atomic E-state index is -1.02. The molecular formula is C13H15NO3. The summed E-state index contributed by atoms with van der Waals surface area (Å²) in [5, 5.41) is 11.6. The summed E-state index contributed by atoms with van der Waals surface area (Å²) in [5.41, 5.74) is 1.45. The molecule has 0 atom stereocenters. The standard InChI is InChI=1S/C13H15NO3/c1-8-4-3-5-10(9(8)2)11(15)14-13(6-7-13)12(16)17/h3-5H,6-7H2,1-2H3,(H,14,15)(H,16,17). The number of carbonyl (C=O) groups is 2. The van der Waals surface area contributed by atoms with Gasteiger partial charge in [-0.05, 0) is 43.9 Å². The molecule has 1 fully saturated rings. The first kappa shape index (κ1) is 11.6. The van der Waals surface area contributed by atoms with Crippen molar-refractivity contribution in [2.45, 2.75) is 32.2 Å². The van der Waals surface area contributed by atoms with Crippen molar-refractivity contribution in [3.05, 3.63) is 34.9 Å². The molecule has 4 heteroatoms. The maximum atomic E-state index is 12.0. The third kappa shape index (κ3) is 2.02. The van der Waals surface area contributed by atoms with Crippen LogP contribution in [0.15, 0.2) is 18.2 Å². The Morgan fingerprint density at radius 2 is 1.94 bits per heavy atom. The monoisotopic (exact) mass is 233 g/mol. The van der Waals surface area contributed by atoms with Crippen molar-refractivity contribution >= 4 is 11.9 Å². The average molecular weight is 233 g/mol. The van der Waals surface area contributed by atoms with Crippen LogP contribution in [0.5, 0.6) is 0 Å². The molecule has 0 heterocycles. The third-order valence-corrected chi connectivity index (χ3v) is 3.36. The van der Waals surface area contributed by atoms with Gasteiger partial charge in [0.25, 0.3) is 5.91 Å². The van der Waals surface area contributed by atoms with Gasteiger partial charge in [0.2, 0.25) is 0 Å². The molecule has 0 bridgehead atoms. The number of rotatable bonds is 3. The van der Waals surface area contributed by atoms with E-state index in [2.05, 4.69) is 5.32 Å². The molecule has 1 aliphatic carbocycles. The lowest BCUT2D eigenvalue weighted by Gasteiger charge is -2.14. The van der Waals surface area contributed by atoms with Crippen LogP contribution in [0.3, 0.4) is 0 Å². The second kappa shape index (κ2) is 3.87. The van der Waals surface area contributed by atoms with Crippen molar-refractivity contribution in [2.75, 3.05) is 0 Å². The first-order chi connectivity index (χ1) is 7.96. The highest BCUT2D eigenvalue weighted by Crippen LogP contribution is 2.35. The summed E-state index contributed by atoms with van der Waals surface area (Å²) in [6.45, 7) is 3.79. The quantitative estimate of drug-likeness (QED) is 0.834. The van der Waals surface area contributed by atoms with Crippen LogP contribution in [0.4, 0.5) is 0 Å². The molecule has 1 aromatic rings. The van der Waals surface area contributed by atoms with Crippen LogP contribution >= 0.6 is 0 Å². The van der Waals surface area contributed by atoms with Crippen LogP contribution in [-0.2, 0) is 4.79 Å². The highest BCUT2D eigenvalue weighted by atomic mass is 16.4. The molecule has 90 valence electrons. The summed E-state index contributed by atoms with van der Waals surface area (Å²) in [5.74, 6) is -1.25.